The highest BCUT2D eigenvalue weighted by molar-refractivity contribution is 5.81. The van der Waals surface area contributed by atoms with Gasteiger partial charge in [-0.3, -0.25) is 0 Å². The maximum atomic E-state index is 5.68. The van der Waals surface area contributed by atoms with Crippen LogP contribution in [0.4, 0.5) is 5.95 Å². The molecule has 0 saturated carbocycles. The van der Waals surface area contributed by atoms with Gasteiger partial charge in [-0.2, -0.15) is 10.2 Å². The van der Waals surface area contributed by atoms with E-state index in [4.69, 9.17) is 34.9 Å². The SMILES string of the molecule is CCCCCCCCc1ccc(-c2ccc(C3=CN(/N=C/c4ccc(OCC)cc4)[C@@H](N=Nc4nc(-c5ccc(-c6ccc(CCCCCCCC)cc6)cc5)cn4/N=C/c4ccc(OCC)cc4)N3)cc2)cc1. The largest absolute Gasteiger partial charge is 0.494 e. The Labute approximate surface area is 440 Å². The summed E-state index contributed by atoms with van der Waals surface area (Å²) in [5.41, 5.74) is 12.8. The fraction of sp³-hybridized carbons (Fsp3) is 0.328. The van der Waals surface area contributed by atoms with Gasteiger partial charge in [0.15, 0.2) is 0 Å². The molecule has 1 aromatic heterocycles. The number of benzene rings is 6. The Balaban J connectivity index is 1.01. The van der Waals surface area contributed by atoms with Crippen molar-refractivity contribution in [2.24, 2.45) is 20.4 Å². The molecule has 0 radical (unpaired) electrons. The number of rotatable bonds is 28. The molecule has 0 fully saturated rings. The first-order valence-corrected chi connectivity index (χ1v) is 27.2. The molecule has 0 aliphatic carbocycles. The van der Waals surface area contributed by atoms with E-state index in [9.17, 15) is 0 Å². The fourth-order valence-corrected chi connectivity index (χ4v) is 9.06. The van der Waals surface area contributed by atoms with Crippen LogP contribution in [0, 0.1) is 0 Å². The van der Waals surface area contributed by atoms with Gasteiger partial charge < -0.3 is 14.8 Å². The molecule has 0 spiro atoms. The molecule has 10 heteroatoms. The minimum atomic E-state index is -0.678. The van der Waals surface area contributed by atoms with E-state index in [-0.39, 0.29) is 0 Å². The zero-order valence-electron chi connectivity index (χ0n) is 44.0. The van der Waals surface area contributed by atoms with Gasteiger partial charge in [0, 0.05) is 5.56 Å². The molecule has 74 heavy (non-hydrogen) atoms. The summed E-state index contributed by atoms with van der Waals surface area (Å²) in [6, 6.07) is 50.9. The average Bonchev–Trinajstić information content (AvgIpc) is 4.06. The van der Waals surface area contributed by atoms with Gasteiger partial charge in [0.1, 0.15) is 11.5 Å². The van der Waals surface area contributed by atoms with E-state index in [0.717, 1.165) is 69.1 Å². The van der Waals surface area contributed by atoms with Crippen LogP contribution >= 0.6 is 0 Å². The normalized spacial score (nSPS) is 13.6. The van der Waals surface area contributed by atoms with Gasteiger partial charge in [0.25, 0.3) is 5.95 Å². The third-order valence-corrected chi connectivity index (χ3v) is 13.4. The predicted octanol–water partition coefficient (Wildman–Crippen LogP) is 16.7. The zero-order valence-corrected chi connectivity index (χ0v) is 44.0. The lowest BCUT2D eigenvalue weighted by molar-refractivity contribution is 0.293. The lowest BCUT2D eigenvalue weighted by Gasteiger charge is -2.15. The van der Waals surface area contributed by atoms with E-state index in [1.54, 1.807) is 15.9 Å². The van der Waals surface area contributed by atoms with Crippen molar-refractivity contribution in [2.45, 2.75) is 124 Å². The summed E-state index contributed by atoms with van der Waals surface area (Å²) in [6.45, 7) is 9.70. The molecule has 7 aromatic rings. The number of imidazole rings is 1. The zero-order chi connectivity index (χ0) is 51.2. The Morgan fingerprint density at radius 2 is 0.919 bits per heavy atom. The highest BCUT2D eigenvalue weighted by atomic mass is 16.5. The van der Waals surface area contributed by atoms with Crippen molar-refractivity contribution < 1.29 is 9.47 Å². The van der Waals surface area contributed by atoms with Crippen LogP contribution < -0.4 is 14.8 Å². The molecule has 1 N–H and O–H groups in total. The molecular weight excluding hydrogens is 913 g/mol. The van der Waals surface area contributed by atoms with Gasteiger partial charge in [-0.25, -0.2) is 14.7 Å². The van der Waals surface area contributed by atoms with E-state index in [0.29, 0.717) is 19.2 Å². The third kappa shape index (κ3) is 15.5. The summed E-state index contributed by atoms with van der Waals surface area (Å²) in [7, 11) is 0. The standard InChI is InChI=1S/C64H74N8O2/c1-5-9-11-13-15-17-19-49-21-29-53(30-22-49)55-33-37-57(38-34-55)61-47-71(65-45-51-25-41-59(42-26-51)73-7-3)63(67-61)69-70-64-68-62(48-72(64)66-46-52-27-43-60(44-28-52)74-8-4)58-39-35-56(36-40-58)54-31-23-50(24-32-54)20-18-16-14-12-10-6-2/h21-48,63,67H,5-20H2,1-4H3/b65-45+,66-46+,70-69?/t63-/m1/s1. The number of hydrazone groups is 1. The molecule has 0 bridgehead atoms. The van der Waals surface area contributed by atoms with Gasteiger partial charge in [-0.05, 0) is 138 Å². The monoisotopic (exact) mass is 987 g/mol. The number of hydrogen-bond acceptors (Lipinski definition) is 9. The number of aromatic nitrogens is 2. The molecule has 1 atom stereocenters. The van der Waals surface area contributed by atoms with Crippen molar-refractivity contribution >= 4 is 24.1 Å². The fourth-order valence-electron chi connectivity index (χ4n) is 9.06. The Bertz CT molecular complexity index is 2880. The first-order valence-electron chi connectivity index (χ1n) is 27.2. The van der Waals surface area contributed by atoms with E-state index in [1.165, 1.54) is 99.3 Å². The van der Waals surface area contributed by atoms with Gasteiger partial charge >= 0.3 is 0 Å². The number of unbranched alkanes of at least 4 members (excludes halogenated alkanes) is 10. The van der Waals surface area contributed by atoms with E-state index >= 15 is 0 Å². The smallest absolute Gasteiger partial charge is 0.270 e. The number of nitrogens with zero attached hydrogens (tertiary/aromatic N) is 7. The molecule has 1 aliphatic rings. The molecule has 0 unspecified atom stereocenters. The first kappa shape index (κ1) is 52.7. The van der Waals surface area contributed by atoms with E-state index in [1.807, 2.05) is 81.0 Å². The van der Waals surface area contributed by atoms with Crippen LogP contribution in [-0.4, -0.2) is 46.6 Å². The van der Waals surface area contributed by atoms with Gasteiger partial charge in [0.2, 0.25) is 6.29 Å². The summed E-state index contributed by atoms with van der Waals surface area (Å²) < 4.78 is 13.0. The Kier molecular flexibility index (Phi) is 20.0. The summed E-state index contributed by atoms with van der Waals surface area (Å²) in [5.74, 6) is 1.94. The van der Waals surface area contributed by atoms with E-state index in [2.05, 4.69) is 116 Å². The first-order chi connectivity index (χ1) is 36.5. The molecule has 0 amide bonds. The summed E-state index contributed by atoms with van der Waals surface area (Å²) in [5, 5.41) is 24.7. The van der Waals surface area contributed by atoms with Crippen LogP contribution in [-0.2, 0) is 12.8 Å². The van der Waals surface area contributed by atoms with Gasteiger partial charge in [-0.15, -0.1) is 10.2 Å². The Morgan fingerprint density at radius 3 is 1.41 bits per heavy atom. The quantitative estimate of drug-likeness (QED) is 0.0299. The van der Waals surface area contributed by atoms with Crippen LogP contribution in [0.1, 0.15) is 133 Å². The molecule has 0 saturated heterocycles. The highest BCUT2D eigenvalue weighted by Crippen LogP contribution is 2.30. The van der Waals surface area contributed by atoms with Crippen molar-refractivity contribution in [2.75, 3.05) is 13.2 Å². The number of nitrogens with one attached hydrogen (secondary N) is 1. The van der Waals surface area contributed by atoms with Gasteiger partial charge in [-0.1, -0.05) is 175 Å². The van der Waals surface area contributed by atoms with Crippen LogP contribution in [0.5, 0.6) is 11.5 Å². The molecule has 8 rings (SSSR count). The molecular formula is C64H74N8O2. The second-order valence-electron chi connectivity index (χ2n) is 19.0. The summed E-state index contributed by atoms with van der Waals surface area (Å²) in [6.07, 6.45) is 24.7. The van der Waals surface area contributed by atoms with Crippen molar-refractivity contribution in [1.29, 1.82) is 0 Å². The van der Waals surface area contributed by atoms with Crippen molar-refractivity contribution in [1.82, 2.24) is 20.0 Å². The number of aryl methyl sites for hydroxylation is 2. The molecule has 1 aliphatic heterocycles. The van der Waals surface area contributed by atoms with Gasteiger partial charge in [0.05, 0.1) is 49.4 Å². The van der Waals surface area contributed by atoms with Crippen molar-refractivity contribution in [3.05, 3.63) is 186 Å². The molecule has 6 aromatic carbocycles. The highest BCUT2D eigenvalue weighted by Gasteiger charge is 2.25. The van der Waals surface area contributed by atoms with Crippen LogP contribution in [0.2, 0.25) is 0 Å². The second kappa shape index (κ2) is 28.0. The number of azo groups is 1. The molecule has 10 nitrogen and oxygen atoms in total. The van der Waals surface area contributed by atoms with Crippen LogP contribution in [0.15, 0.2) is 178 Å². The molecule has 2 heterocycles. The average molecular weight is 987 g/mol. The predicted molar refractivity (Wildman–Crippen MR) is 306 cm³/mol. The van der Waals surface area contributed by atoms with Crippen molar-refractivity contribution in [3.8, 4) is 45.0 Å². The number of ether oxygens (including phenoxy) is 2. The summed E-state index contributed by atoms with van der Waals surface area (Å²) in [4.78, 5) is 5.00. The minimum absolute atomic E-state index is 0.320. The second-order valence-corrected chi connectivity index (χ2v) is 19.0. The maximum absolute atomic E-state index is 5.68. The minimum Gasteiger partial charge on any atom is -0.494 e. The number of hydrogen-bond donors (Lipinski definition) is 1. The maximum Gasteiger partial charge on any atom is 0.270 e. The molecule has 382 valence electrons. The lowest BCUT2D eigenvalue weighted by Crippen LogP contribution is -2.30. The Hall–Kier alpha value is -7.59. The van der Waals surface area contributed by atoms with Crippen LogP contribution in [0.3, 0.4) is 0 Å². The lowest BCUT2D eigenvalue weighted by atomic mass is 9.99. The topological polar surface area (TPSA) is 101 Å². The van der Waals surface area contributed by atoms with Crippen LogP contribution in [0.25, 0.3) is 39.2 Å². The van der Waals surface area contributed by atoms with E-state index < -0.39 is 6.29 Å². The van der Waals surface area contributed by atoms with Crippen molar-refractivity contribution in [3.63, 3.8) is 0 Å². The Morgan fingerprint density at radius 1 is 0.486 bits per heavy atom. The summed E-state index contributed by atoms with van der Waals surface area (Å²) >= 11 is 0. The third-order valence-electron chi connectivity index (χ3n) is 13.4.